The standard InChI is InChI=1S/C11H18N2O2/c1-3-5-10-12-9(6-4-7-15-2)8-11(14)13-10/h8H,3-7H2,1-2H3,(H,12,13,14). The lowest BCUT2D eigenvalue weighted by molar-refractivity contribution is 0.195. The summed E-state index contributed by atoms with van der Waals surface area (Å²) < 4.78 is 4.96. The van der Waals surface area contributed by atoms with Crippen molar-refractivity contribution in [3.8, 4) is 0 Å². The second-order valence-electron chi connectivity index (χ2n) is 3.53. The zero-order chi connectivity index (χ0) is 11.1. The van der Waals surface area contributed by atoms with E-state index in [9.17, 15) is 4.79 Å². The van der Waals surface area contributed by atoms with Crippen LogP contribution in [0.5, 0.6) is 0 Å². The molecule has 0 spiro atoms. The summed E-state index contributed by atoms with van der Waals surface area (Å²) in [6, 6.07) is 1.56. The molecule has 0 radical (unpaired) electrons. The van der Waals surface area contributed by atoms with Crippen molar-refractivity contribution in [2.45, 2.75) is 32.6 Å². The van der Waals surface area contributed by atoms with Gasteiger partial charge in [0, 0.05) is 31.9 Å². The Bertz CT molecular complexity index is 347. The van der Waals surface area contributed by atoms with Crippen LogP contribution < -0.4 is 5.56 Å². The predicted molar refractivity (Wildman–Crippen MR) is 59.0 cm³/mol. The number of methoxy groups -OCH3 is 1. The summed E-state index contributed by atoms with van der Waals surface area (Å²) in [5.41, 5.74) is 0.806. The summed E-state index contributed by atoms with van der Waals surface area (Å²) in [4.78, 5) is 18.4. The minimum Gasteiger partial charge on any atom is -0.385 e. The average molecular weight is 210 g/mol. The van der Waals surface area contributed by atoms with E-state index < -0.39 is 0 Å². The van der Waals surface area contributed by atoms with Gasteiger partial charge in [-0.3, -0.25) is 4.79 Å². The van der Waals surface area contributed by atoms with Crippen LogP contribution in [-0.4, -0.2) is 23.7 Å². The number of aromatic amines is 1. The molecule has 0 aliphatic rings. The summed E-state index contributed by atoms with van der Waals surface area (Å²) in [5, 5.41) is 0. The maximum atomic E-state index is 11.3. The van der Waals surface area contributed by atoms with Crippen LogP contribution >= 0.6 is 0 Å². The molecule has 0 aromatic carbocycles. The summed E-state index contributed by atoms with van der Waals surface area (Å²) in [6.07, 6.45) is 3.52. The van der Waals surface area contributed by atoms with Crippen LogP contribution in [0.2, 0.25) is 0 Å². The van der Waals surface area contributed by atoms with Gasteiger partial charge in [-0.1, -0.05) is 6.92 Å². The van der Waals surface area contributed by atoms with Crippen LogP contribution in [0.1, 0.15) is 31.3 Å². The molecule has 0 unspecified atom stereocenters. The lowest BCUT2D eigenvalue weighted by Gasteiger charge is -2.02. The first-order chi connectivity index (χ1) is 7.26. The molecule has 4 heteroatoms. The first kappa shape index (κ1) is 11.9. The number of hydrogen-bond acceptors (Lipinski definition) is 3. The second kappa shape index (κ2) is 6.35. The van der Waals surface area contributed by atoms with Crippen molar-refractivity contribution in [3.63, 3.8) is 0 Å². The summed E-state index contributed by atoms with van der Waals surface area (Å²) in [7, 11) is 1.67. The quantitative estimate of drug-likeness (QED) is 0.720. The SMILES string of the molecule is CCCc1nc(CCCOC)cc(=O)[nH]1. The highest BCUT2D eigenvalue weighted by Crippen LogP contribution is 1.99. The molecule has 0 saturated heterocycles. The van der Waals surface area contributed by atoms with Crippen LogP contribution in [0.15, 0.2) is 10.9 Å². The first-order valence-electron chi connectivity index (χ1n) is 5.34. The topological polar surface area (TPSA) is 55.0 Å². The number of nitrogens with one attached hydrogen (secondary N) is 1. The maximum Gasteiger partial charge on any atom is 0.251 e. The molecule has 0 amide bonds. The molecule has 0 bridgehead atoms. The first-order valence-corrected chi connectivity index (χ1v) is 5.34. The van der Waals surface area contributed by atoms with E-state index in [1.165, 1.54) is 0 Å². The lowest BCUT2D eigenvalue weighted by atomic mass is 10.2. The molecular formula is C11H18N2O2. The molecule has 0 aliphatic heterocycles. The lowest BCUT2D eigenvalue weighted by Crippen LogP contribution is -2.13. The Morgan fingerprint density at radius 2 is 2.27 bits per heavy atom. The van der Waals surface area contributed by atoms with Gasteiger partial charge in [0.25, 0.3) is 5.56 Å². The van der Waals surface area contributed by atoms with Crippen LogP contribution in [0.4, 0.5) is 0 Å². The van der Waals surface area contributed by atoms with Crippen molar-refractivity contribution in [3.05, 3.63) is 27.9 Å². The van der Waals surface area contributed by atoms with Gasteiger partial charge in [0.15, 0.2) is 0 Å². The average Bonchev–Trinajstić information content (AvgIpc) is 2.18. The molecule has 1 aromatic rings. The minimum absolute atomic E-state index is 0.0548. The Morgan fingerprint density at radius 3 is 2.93 bits per heavy atom. The van der Waals surface area contributed by atoms with E-state index >= 15 is 0 Å². The van der Waals surface area contributed by atoms with Crippen molar-refractivity contribution < 1.29 is 4.74 Å². The molecule has 1 aromatic heterocycles. The van der Waals surface area contributed by atoms with Gasteiger partial charge in [-0.05, 0) is 19.3 Å². The zero-order valence-electron chi connectivity index (χ0n) is 9.38. The van der Waals surface area contributed by atoms with Gasteiger partial charge in [0.05, 0.1) is 0 Å². The summed E-state index contributed by atoms with van der Waals surface area (Å²) >= 11 is 0. The fourth-order valence-corrected chi connectivity index (χ4v) is 1.44. The monoisotopic (exact) mass is 210 g/mol. The van der Waals surface area contributed by atoms with Crippen molar-refractivity contribution in [2.75, 3.05) is 13.7 Å². The van der Waals surface area contributed by atoms with Crippen LogP contribution in [0, 0.1) is 0 Å². The molecule has 0 atom stereocenters. The number of rotatable bonds is 6. The molecule has 4 nitrogen and oxygen atoms in total. The molecule has 0 saturated carbocycles. The van der Waals surface area contributed by atoms with Gasteiger partial charge in [-0.2, -0.15) is 0 Å². The van der Waals surface area contributed by atoms with E-state index in [-0.39, 0.29) is 5.56 Å². The van der Waals surface area contributed by atoms with Crippen LogP contribution in [0.25, 0.3) is 0 Å². The second-order valence-corrected chi connectivity index (χ2v) is 3.53. The van der Waals surface area contributed by atoms with E-state index in [1.54, 1.807) is 13.2 Å². The Balaban J connectivity index is 2.66. The third kappa shape index (κ3) is 4.25. The smallest absolute Gasteiger partial charge is 0.251 e. The summed E-state index contributed by atoms with van der Waals surface area (Å²) in [5.74, 6) is 0.789. The van der Waals surface area contributed by atoms with Crippen molar-refractivity contribution in [1.29, 1.82) is 0 Å². The number of H-pyrrole nitrogens is 1. The number of hydrogen-bond donors (Lipinski definition) is 1. The Morgan fingerprint density at radius 1 is 1.47 bits per heavy atom. The van der Waals surface area contributed by atoms with Crippen molar-refractivity contribution in [2.24, 2.45) is 0 Å². The molecule has 0 fully saturated rings. The fourth-order valence-electron chi connectivity index (χ4n) is 1.44. The number of aromatic nitrogens is 2. The van der Waals surface area contributed by atoms with Gasteiger partial charge >= 0.3 is 0 Å². The summed E-state index contributed by atoms with van der Waals surface area (Å²) in [6.45, 7) is 2.77. The Labute approximate surface area is 89.7 Å². The highest BCUT2D eigenvalue weighted by molar-refractivity contribution is 5.03. The predicted octanol–water partition coefficient (Wildman–Crippen LogP) is 1.30. The maximum absolute atomic E-state index is 11.3. The van der Waals surface area contributed by atoms with Crippen molar-refractivity contribution >= 4 is 0 Å². The fraction of sp³-hybridized carbons (Fsp3) is 0.636. The van der Waals surface area contributed by atoms with Crippen LogP contribution in [0.3, 0.4) is 0 Å². The Hall–Kier alpha value is -1.16. The van der Waals surface area contributed by atoms with Gasteiger partial charge in [0.1, 0.15) is 5.82 Å². The van der Waals surface area contributed by atoms with Gasteiger partial charge in [-0.15, -0.1) is 0 Å². The number of ether oxygens (including phenoxy) is 1. The highest BCUT2D eigenvalue weighted by Gasteiger charge is 2.00. The third-order valence-corrected chi connectivity index (χ3v) is 2.11. The van der Waals surface area contributed by atoms with Gasteiger partial charge in [-0.25, -0.2) is 4.98 Å². The number of nitrogens with zero attached hydrogens (tertiary/aromatic N) is 1. The largest absolute Gasteiger partial charge is 0.385 e. The molecular weight excluding hydrogens is 192 g/mol. The van der Waals surface area contributed by atoms with E-state index in [0.29, 0.717) is 6.61 Å². The number of aryl methyl sites for hydroxylation is 2. The van der Waals surface area contributed by atoms with E-state index in [4.69, 9.17) is 4.74 Å². The third-order valence-electron chi connectivity index (χ3n) is 2.11. The van der Waals surface area contributed by atoms with E-state index in [0.717, 1.165) is 37.2 Å². The zero-order valence-corrected chi connectivity index (χ0v) is 9.38. The van der Waals surface area contributed by atoms with Gasteiger partial charge in [0.2, 0.25) is 0 Å². The normalized spacial score (nSPS) is 10.5. The highest BCUT2D eigenvalue weighted by atomic mass is 16.5. The molecule has 0 aliphatic carbocycles. The van der Waals surface area contributed by atoms with E-state index in [2.05, 4.69) is 16.9 Å². The van der Waals surface area contributed by atoms with E-state index in [1.807, 2.05) is 0 Å². The van der Waals surface area contributed by atoms with Crippen LogP contribution in [-0.2, 0) is 17.6 Å². The Kier molecular flexibility index (Phi) is 5.04. The minimum atomic E-state index is -0.0548. The van der Waals surface area contributed by atoms with Crippen molar-refractivity contribution in [1.82, 2.24) is 9.97 Å². The molecule has 15 heavy (non-hydrogen) atoms. The molecule has 1 rings (SSSR count). The molecule has 1 heterocycles. The molecule has 84 valence electrons. The van der Waals surface area contributed by atoms with Gasteiger partial charge < -0.3 is 9.72 Å². The molecule has 1 N–H and O–H groups in total.